The van der Waals surface area contributed by atoms with Crippen LogP contribution in [0.4, 0.5) is 0 Å². The number of hydrogen-bond donors (Lipinski definition) is 5. The zero-order valence-corrected chi connectivity index (χ0v) is 35.7. The summed E-state index contributed by atoms with van der Waals surface area (Å²) < 4.78 is 31.6. The molecule has 5 N–H and O–H groups in total. The first-order valence-electron chi connectivity index (χ1n) is 21.9. The molecular formula is C42H94N2O5S. The lowest BCUT2D eigenvalue weighted by Gasteiger charge is -2.08. The number of aliphatic hydroxyl groups is 1. The molecule has 7 nitrogen and oxygen atoms in total. The van der Waals surface area contributed by atoms with Gasteiger partial charge in [-0.15, -0.1) is 0 Å². The number of unbranched alkanes of at least 4 members (excludes halogenated alkanes) is 23. The number of nitrogens with one attached hydrogen (secondary N) is 2. The molecule has 0 amide bonds. The summed E-state index contributed by atoms with van der Waals surface area (Å²) in [6.45, 7) is 18.7. The molecule has 0 aromatic heterocycles. The van der Waals surface area contributed by atoms with Gasteiger partial charge in [0.15, 0.2) is 0 Å². The van der Waals surface area contributed by atoms with Crippen molar-refractivity contribution in [2.75, 3.05) is 32.8 Å². The topological polar surface area (TPSA) is 119 Å². The Balaban J connectivity index is -0.000000310. The van der Waals surface area contributed by atoms with Gasteiger partial charge in [-0.25, -0.2) is 0 Å². The SMILES string of the molecule is CCCCC(CC)CO.CCCCCCCCCCCCNCCCCC.CCCCCCCCCCCCNCCCCC.O=S(=O)(O)O. The summed E-state index contributed by atoms with van der Waals surface area (Å²) in [5.41, 5.74) is 0. The highest BCUT2D eigenvalue weighted by Crippen LogP contribution is 2.12. The molecule has 0 bridgehead atoms. The molecule has 1 atom stereocenters. The van der Waals surface area contributed by atoms with Gasteiger partial charge in [0, 0.05) is 6.61 Å². The molecule has 0 rings (SSSR count). The average molecular weight is 739 g/mol. The lowest BCUT2D eigenvalue weighted by Crippen LogP contribution is -2.16. The third-order valence-corrected chi connectivity index (χ3v) is 9.13. The fraction of sp³-hybridized carbons (Fsp3) is 1.00. The fourth-order valence-corrected chi connectivity index (χ4v) is 5.64. The second kappa shape index (κ2) is 53.1. The molecular weight excluding hydrogens is 645 g/mol. The van der Waals surface area contributed by atoms with Crippen LogP contribution in [0, 0.1) is 5.92 Å². The van der Waals surface area contributed by atoms with Crippen molar-refractivity contribution < 1.29 is 22.6 Å². The highest BCUT2D eigenvalue weighted by Gasteiger charge is 2.01. The first-order valence-corrected chi connectivity index (χ1v) is 23.3. The lowest BCUT2D eigenvalue weighted by molar-refractivity contribution is 0.212. The summed E-state index contributed by atoms with van der Waals surface area (Å²) in [5, 5.41) is 15.8. The minimum absolute atomic E-state index is 0.372. The van der Waals surface area contributed by atoms with E-state index in [2.05, 4.69) is 52.2 Å². The van der Waals surface area contributed by atoms with E-state index in [0.29, 0.717) is 12.5 Å². The van der Waals surface area contributed by atoms with Crippen LogP contribution in [0.2, 0.25) is 0 Å². The van der Waals surface area contributed by atoms with Crippen molar-refractivity contribution in [3.63, 3.8) is 0 Å². The van der Waals surface area contributed by atoms with E-state index >= 15 is 0 Å². The summed E-state index contributed by atoms with van der Waals surface area (Å²) in [5.74, 6) is 0.560. The van der Waals surface area contributed by atoms with Gasteiger partial charge in [-0.05, 0) is 64.2 Å². The summed E-state index contributed by atoms with van der Waals surface area (Å²) in [6, 6.07) is 0. The summed E-state index contributed by atoms with van der Waals surface area (Å²) in [6.07, 6.45) is 41.7. The Bertz CT molecular complexity index is 576. The fourth-order valence-electron chi connectivity index (χ4n) is 5.64. The average Bonchev–Trinajstić information content (AvgIpc) is 3.09. The summed E-state index contributed by atoms with van der Waals surface area (Å²) >= 11 is 0. The predicted molar refractivity (Wildman–Crippen MR) is 223 cm³/mol. The molecule has 0 spiro atoms. The normalized spacial score (nSPS) is 11.5. The largest absolute Gasteiger partial charge is 0.396 e. The van der Waals surface area contributed by atoms with Crippen LogP contribution in [-0.2, 0) is 10.4 Å². The van der Waals surface area contributed by atoms with Gasteiger partial charge in [-0.2, -0.15) is 8.42 Å². The second-order valence-electron chi connectivity index (χ2n) is 14.3. The van der Waals surface area contributed by atoms with Crippen LogP contribution in [-0.4, -0.2) is 55.4 Å². The van der Waals surface area contributed by atoms with Crippen LogP contribution in [0.1, 0.15) is 234 Å². The molecule has 8 heteroatoms. The minimum atomic E-state index is -4.67. The molecule has 0 saturated heterocycles. The Morgan fingerprint density at radius 3 is 0.860 bits per heavy atom. The van der Waals surface area contributed by atoms with Crippen LogP contribution in [0.25, 0.3) is 0 Å². The smallest absolute Gasteiger partial charge is 0.394 e. The Morgan fingerprint density at radius 2 is 0.620 bits per heavy atom. The molecule has 0 fully saturated rings. The molecule has 0 aromatic rings. The quantitative estimate of drug-likeness (QED) is 0.0324. The summed E-state index contributed by atoms with van der Waals surface area (Å²) in [7, 11) is -4.67. The molecule has 0 aliphatic carbocycles. The van der Waals surface area contributed by atoms with E-state index in [1.807, 2.05) is 0 Å². The van der Waals surface area contributed by atoms with Crippen molar-refractivity contribution in [2.24, 2.45) is 5.92 Å². The van der Waals surface area contributed by atoms with Crippen LogP contribution in [0.15, 0.2) is 0 Å². The zero-order valence-electron chi connectivity index (χ0n) is 34.9. The zero-order chi connectivity index (χ0) is 38.2. The third-order valence-electron chi connectivity index (χ3n) is 9.13. The third kappa shape index (κ3) is 73.2. The van der Waals surface area contributed by atoms with Crippen molar-refractivity contribution in [3.05, 3.63) is 0 Å². The van der Waals surface area contributed by atoms with Crippen molar-refractivity contribution in [1.82, 2.24) is 10.6 Å². The molecule has 0 radical (unpaired) electrons. The van der Waals surface area contributed by atoms with Crippen LogP contribution >= 0.6 is 0 Å². The van der Waals surface area contributed by atoms with Crippen molar-refractivity contribution >= 4 is 10.4 Å². The monoisotopic (exact) mass is 739 g/mol. The maximum atomic E-state index is 8.75. The van der Waals surface area contributed by atoms with E-state index in [1.165, 1.54) is 212 Å². The van der Waals surface area contributed by atoms with Crippen molar-refractivity contribution in [1.29, 1.82) is 0 Å². The van der Waals surface area contributed by atoms with Gasteiger partial charge in [-0.1, -0.05) is 202 Å². The minimum Gasteiger partial charge on any atom is -0.396 e. The van der Waals surface area contributed by atoms with E-state index in [-0.39, 0.29) is 0 Å². The highest BCUT2D eigenvalue weighted by molar-refractivity contribution is 7.79. The van der Waals surface area contributed by atoms with Gasteiger partial charge < -0.3 is 15.7 Å². The van der Waals surface area contributed by atoms with Gasteiger partial charge in [0.25, 0.3) is 0 Å². The Morgan fingerprint density at radius 1 is 0.400 bits per heavy atom. The van der Waals surface area contributed by atoms with Gasteiger partial charge in [0.2, 0.25) is 0 Å². The van der Waals surface area contributed by atoms with Crippen molar-refractivity contribution in [2.45, 2.75) is 234 Å². The number of hydrogen-bond acceptors (Lipinski definition) is 5. The van der Waals surface area contributed by atoms with Gasteiger partial charge in [0.1, 0.15) is 0 Å². The van der Waals surface area contributed by atoms with E-state index in [1.54, 1.807) is 0 Å². The first-order chi connectivity index (χ1) is 24.2. The molecule has 308 valence electrons. The standard InChI is InChI=1S/2C17H37N.C8H18O.H2O4S/c2*1-3-5-7-8-9-10-11-12-13-15-17-18-16-14-6-4-2;1-3-5-6-8(4-2)7-9;1-5(2,3)4/h2*18H,3-17H2,1-2H3;8-9H,3-7H2,1-2H3;(H2,1,2,3,4). The van der Waals surface area contributed by atoms with E-state index in [4.69, 9.17) is 22.6 Å². The lowest BCUT2D eigenvalue weighted by atomic mass is 10.0. The molecule has 1 unspecified atom stereocenters. The van der Waals surface area contributed by atoms with Crippen LogP contribution < -0.4 is 10.6 Å². The number of aliphatic hydroxyl groups excluding tert-OH is 1. The van der Waals surface area contributed by atoms with Crippen molar-refractivity contribution in [3.8, 4) is 0 Å². The Hall–Kier alpha value is -0.250. The van der Waals surface area contributed by atoms with E-state index < -0.39 is 10.4 Å². The van der Waals surface area contributed by atoms with E-state index in [0.717, 1.165) is 6.42 Å². The summed E-state index contributed by atoms with van der Waals surface area (Å²) in [4.78, 5) is 0. The van der Waals surface area contributed by atoms with Gasteiger partial charge in [0.05, 0.1) is 0 Å². The Labute approximate surface area is 315 Å². The maximum Gasteiger partial charge on any atom is 0.394 e. The predicted octanol–water partition coefficient (Wildman–Crippen LogP) is 12.9. The van der Waals surface area contributed by atoms with Gasteiger partial charge >= 0.3 is 10.4 Å². The van der Waals surface area contributed by atoms with Gasteiger partial charge in [-0.3, -0.25) is 9.11 Å². The molecule has 50 heavy (non-hydrogen) atoms. The molecule has 0 saturated carbocycles. The molecule has 0 heterocycles. The second-order valence-corrected chi connectivity index (χ2v) is 15.2. The molecule has 0 aliphatic rings. The van der Waals surface area contributed by atoms with E-state index in [9.17, 15) is 0 Å². The highest BCUT2D eigenvalue weighted by atomic mass is 32.3. The molecule has 0 aliphatic heterocycles. The first kappa shape index (κ1) is 56.5. The number of rotatable bonds is 35. The molecule has 0 aromatic carbocycles. The Kier molecular flexibility index (Phi) is 60.0. The maximum absolute atomic E-state index is 8.75. The van der Waals surface area contributed by atoms with Crippen LogP contribution in [0.3, 0.4) is 0 Å². The van der Waals surface area contributed by atoms with Crippen LogP contribution in [0.5, 0.6) is 0 Å².